The average molecular weight is 487 g/mol. The van der Waals surface area contributed by atoms with Crippen molar-refractivity contribution < 1.29 is 35.6 Å². The maximum Gasteiger partial charge on any atom is 0.485 e. The molecule has 0 aliphatic carbocycles. The van der Waals surface area contributed by atoms with Gasteiger partial charge in [0.2, 0.25) is 9.79 Å². The highest BCUT2D eigenvalue weighted by Gasteiger charge is 2.37. The summed E-state index contributed by atoms with van der Waals surface area (Å²) in [6.07, 6.45) is 0. The molecule has 172 valence electrons. The molecule has 0 spiro atoms. The predicted molar refractivity (Wildman–Crippen MR) is 115 cm³/mol. The van der Waals surface area contributed by atoms with E-state index in [2.05, 4.69) is 55.5 Å². The van der Waals surface area contributed by atoms with E-state index >= 15 is 0 Å². The molecule has 0 aromatic heterocycles. The maximum atomic E-state index is 10.7. The van der Waals surface area contributed by atoms with Crippen LogP contribution in [-0.2, 0) is 21.0 Å². The van der Waals surface area contributed by atoms with Crippen LogP contribution in [0.25, 0.3) is 0 Å². The van der Waals surface area contributed by atoms with Crippen LogP contribution < -0.4 is 9.47 Å². The lowest BCUT2D eigenvalue weighted by atomic mass is 10.2. The van der Waals surface area contributed by atoms with Crippen molar-refractivity contribution in [3.05, 3.63) is 78.4 Å². The van der Waals surface area contributed by atoms with Gasteiger partial charge in [0.25, 0.3) is 0 Å². The Bertz CT molecular complexity index is 1080. The summed E-state index contributed by atoms with van der Waals surface area (Å²) in [6.45, 7) is 2.11. The van der Waals surface area contributed by atoms with Gasteiger partial charge >= 0.3 is 5.51 Å². The quantitative estimate of drug-likeness (QED) is 0.283. The van der Waals surface area contributed by atoms with E-state index in [1.807, 2.05) is 24.3 Å². The third-order valence-electron chi connectivity index (χ3n) is 4.12. The number of halogens is 3. The molecule has 0 heterocycles. The Morgan fingerprint density at radius 3 is 1.50 bits per heavy atom. The molecule has 0 fully saturated rings. The summed E-state index contributed by atoms with van der Waals surface area (Å²) in [5, 5.41) is 0. The molecule has 0 N–H and O–H groups in total. The van der Waals surface area contributed by atoms with Crippen molar-refractivity contribution in [2.24, 2.45) is 0 Å². The van der Waals surface area contributed by atoms with Gasteiger partial charge in [-0.05, 0) is 43.3 Å². The average Bonchev–Trinajstić information content (AvgIpc) is 2.75. The van der Waals surface area contributed by atoms with E-state index < -0.39 is 15.6 Å². The second-order valence-corrected chi connectivity index (χ2v) is 9.66. The Morgan fingerprint density at radius 1 is 0.781 bits per heavy atom. The largest absolute Gasteiger partial charge is 0.741 e. The molecular formula is C22H21F3O5S2. The molecule has 3 rings (SSSR count). The number of alkyl halides is 3. The summed E-state index contributed by atoms with van der Waals surface area (Å²) in [5.41, 5.74) is -4.39. The number of aryl methyl sites for hydroxylation is 1. The Balaban J connectivity index is 0.000000390. The predicted octanol–water partition coefficient (Wildman–Crippen LogP) is 5.16. The molecule has 10 heteroatoms. The summed E-state index contributed by atoms with van der Waals surface area (Å²) in [4.78, 5) is 3.57. The molecule has 3 aromatic rings. The first-order chi connectivity index (χ1) is 15.0. The molecule has 0 radical (unpaired) electrons. The van der Waals surface area contributed by atoms with E-state index in [9.17, 15) is 13.2 Å². The van der Waals surface area contributed by atoms with Crippen molar-refractivity contribution in [3.63, 3.8) is 0 Å². The van der Waals surface area contributed by atoms with Crippen molar-refractivity contribution in [1.29, 1.82) is 0 Å². The molecule has 5 nitrogen and oxygen atoms in total. The molecular weight excluding hydrogens is 465 g/mol. The third-order valence-corrected chi connectivity index (χ3v) is 6.98. The first-order valence-corrected chi connectivity index (χ1v) is 11.7. The second kappa shape index (κ2) is 10.8. The fraction of sp³-hybridized carbons (Fsp3) is 0.182. The highest BCUT2D eigenvalue weighted by Crippen LogP contribution is 2.40. The number of para-hydroxylation sites is 2. The highest BCUT2D eigenvalue weighted by molar-refractivity contribution is 7.97. The normalized spacial score (nSPS) is 11.5. The monoisotopic (exact) mass is 486 g/mol. The van der Waals surface area contributed by atoms with Crippen LogP contribution in [0.1, 0.15) is 5.56 Å². The highest BCUT2D eigenvalue weighted by atomic mass is 32.2. The molecule has 0 amide bonds. The van der Waals surface area contributed by atoms with E-state index in [-0.39, 0.29) is 10.9 Å². The van der Waals surface area contributed by atoms with Crippen LogP contribution in [-0.4, -0.2) is 32.7 Å². The molecule has 0 saturated heterocycles. The van der Waals surface area contributed by atoms with Gasteiger partial charge in [0.1, 0.15) is 10.9 Å². The van der Waals surface area contributed by atoms with Crippen molar-refractivity contribution >= 4 is 21.0 Å². The van der Waals surface area contributed by atoms with E-state index in [0.29, 0.717) is 0 Å². The van der Waals surface area contributed by atoms with Gasteiger partial charge < -0.3 is 14.0 Å². The van der Waals surface area contributed by atoms with Crippen LogP contribution in [0.3, 0.4) is 0 Å². The Hall–Kier alpha value is -2.69. The van der Waals surface area contributed by atoms with Gasteiger partial charge in [-0.2, -0.15) is 13.2 Å². The SMILES string of the molecule is COc1ccccc1[S+](c1ccc(C)cc1)c1ccccc1OC.O=S(=O)([O-])C(F)(F)F. The van der Waals surface area contributed by atoms with Crippen molar-refractivity contribution in [2.45, 2.75) is 27.1 Å². The maximum absolute atomic E-state index is 10.7. The first-order valence-electron chi connectivity index (χ1n) is 9.08. The zero-order valence-corrected chi connectivity index (χ0v) is 19.1. The number of rotatable bonds is 5. The summed E-state index contributed by atoms with van der Waals surface area (Å²) in [5.74, 6) is 1.79. The van der Waals surface area contributed by atoms with E-state index in [1.54, 1.807) is 14.2 Å². The molecule has 32 heavy (non-hydrogen) atoms. The van der Waals surface area contributed by atoms with E-state index in [0.717, 1.165) is 21.3 Å². The van der Waals surface area contributed by atoms with Crippen LogP contribution >= 0.6 is 0 Å². The van der Waals surface area contributed by atoms with Gasteiger partial charge in [0, 0.05) is 0 Å². The summed E-state index contributed by atoms with van der Waals surface area (Å²) in [6, 6.07) is 25.1. The minimum absolute atomic E-state index is 0.296. The zero-order valence-electron chi connectivity index (χ0n) is 17.4. The molecule has 0 aliphatic rings. The Kier molecular flexibility index (Phi) is 8.59. The van der Waals surface area contributed by atoms with Crippen LogP contribution in [0.5, 0.6) is 11.5 Å². The lowest BCUT2D eigenvalue weighted by Gasteiger charge is -2.13. The van der Waals surface area contributed by atoms with E-state index in [1.165, 1.54) is 10.5 Å². The van der Waals surface area contributed by atoms with Crippen molar-refractivity contribution in [3.8, 4) is 11.5 Å². The van der Waals surface area contributed by atoms with Crippen molar-refractivity contribution in [2.75, 3.05) is 14.2 Å². The second-order valence-electron chi connectivity index (χ2n) is 6.32. The minimum Gasteiger partial charge on any atom is -0.741 e. The molecule has 0 unspecified atom stereocenters. The number of benzene rings is 3. The van der Waals surface area contributed by atoms with Gasteiger partial charge in [-0.15, -0.1) is 0 Å². The number of methoxy groups -OCH3 is 2. The fourth-order valence-corrected chi connectivity index (χ4v) is 4.91. The summed E-state index contributed by atoms with van der Waals surface area (Å²) < 4.78 is 70.2. The fourth-order valence-electron chi connectivity index (χ4n) is 2.62. The Morgan fingerprint density at radius 2 is 1.16 bits per heavy atom. The smallest absolute Gasteiger partial charge is 0.485 e. The standard InChI is InChI=1S/C21H21O2S.CHF3O3S/c1-16-12-14-17(15-13-16)24(20-10-6-4-8-18(20)22-2)21-11-7-5-9-19(21)23-3;2-1(3,4)8(5,6)7/h4-15H,1-3H3;(H,5,6,7)/q+1;/p-1. The number of hydrogen-bond acceptors (Lipinski definition) is 5. The van der Waals surface area contributed by atoms with Crippen LogP contribution in [0, 0.1) is 6.92 Å². The first kappa shape index (κ1) is 25.6. The number of hydrogen-bond donors (Lipinski definition) is 0. The van der Waals surface area contributed by atoms with Gasteiger partial charge in [-0.25, -0.2) is 8.42 Å². The molecule has 0 saturated carbocycles. The molecule has 0 atom stereocenters. The lowest BCUT2D eigenvalue weighted by Crippen LogP contribution is -2.21. The van der Waals surface area contributed by atoms with Gasteiger partial charge in [0.15, 0.2) is 26.5 Å². The van der Waals surface area contributed by atoms with E-state index in [4.69, 9.17) is 22.4 Å². The molecule has 0 bridgehead atoms. The molecule has 3 aromatic carbocycles. The summed E-state index contributed by atoms with van der Waals surface area (Å²) in [7, 11) is -2.95. The van der Waals surface area contributed by atoms with Crippen molar-refractivity contribution in [1.82, 2.24) is 0 Å². The lowest BCUT2D eigenvalue weighted by molar-refractivity contribution is -0.0517. The van der Waals surface area contributed by atoms with Gasteiger partial charge in [-0.3, -0.25) is 0 Å². The topological polar surface area (TPSA) is 75.7 Å². The van der Waals surface area contributed by atoms with Gasteiger partial charge in [0.05, 0.1) is 14.2 Å². The van der Waals surface area contributed by atoms with Crippen LogP contribution in [0.15, 0.2) is 87.5 Å². The molecule has 0 aliphatic heterocycles. The zero-order chi connectivity index (χ0) is 23.9. The summed E-state index contributed by atoms with van der Waals surface area (Å²) >= 11 is 0. The minimum atomic E-state index is -6.09. The number of ether oxygens (including phenoxy) is 2. The van der Waals surface area contributed by atoms with Gasteiger partial charge in [-0.1, -0.05) is 42.0 Å². The van der Waals surface area contributed by atoms with Crippen LogP contribution in [0.2, 0.25) is 0 Å². The van der Waals surface area contributed by atoms with Crippen LogP contribution in [0.4, 0.5) is 13.2 Å². The Labute approximate surface area is 187 Å². The third kappa shape index (κ3) is 6.41.